The van der Waals surface area contributed by atoms with E-state index in [0.717, 1.165) is 0 Å². The third-order valence-corrected chi connectivity index (χ3v) is 3.39. The van der Waals surface area contributed by atoms with Gasteiger partial charge < -0.3 is 10.4 Å². The van der Waals surface area contributed by atoms with Gasteiger partial charge in [0, 0.05) is 12.1 Å². The van der Waals surface area contributed by atoms with Crippen molar-refractivity contribution < 1.29 is 23.1 Å². The molecule has 2 rings (SSSR count). The number of piperidine rings is 1. The topological polar surface area (TPSA) is 65.5 Å². The van der Waals surface area contributed by atoms with Crippen LogP contribution in [0.4, 0.5) is 19.0 Å². The fourth-order valence-corrected chi connectivity index (χ4v) is 2.32. The molecular formula is C13H16F3N3O2. The van der Waals surface area contributed by atoms with Crippen LogP contribution in [0.1, 0.15) is 12.8 Å². The number of pyridine rings is 1. The lowest BCUT2D eigenvalue weighted by atomic mass is 9.96. The predicted molar refractivity (Wildman–Crippen MR) is 69.8 cm³/mol. The second-order valence-corrected chi connectivity index (χ2v) is 5.03. The molecule has 5 nitrogen and oxygen atoms in total. The zero-order valence-electron chi connectivity index (χ0n) is 11.2. The van der Waals surface area contributed by atoms with Crippen molar-refractivity contribution in [3.8, 4) is 5.75 Å². The van der Waals surface area contributed by atoms with Gasteiger partial charge in [-0.25, -0.2) is 4.98 Å². The van der Waals surface area contributed by atoms with Gasteiger partial charge in [-0.1, -0.05) is 0 Å². The van der Waals surface area contributed by atoms with Crippen molar-refractivity contribution >= 4 is 11.7 Å². The van der Waals surface area contributed by atoms with Crippen LogP contribution >= 0.6 is 0 Å². The Morgan fingerprint density at radius 2 is 2.10 bits per heavy atom. The maximum Gasteiger partial charge on any atom is 0.401 e. The molecule has 0 radical (unpaired) electrons. The molecule has 1 saturated heterocycles. The zero-order valence-corrected chi connectivity index (χ0v) is 11.2. The van der Waals surface area contributed by atoms with E-state index in [4.69, 9.17) is 0 Å². The van der Waals surface area contributed by atoms with E-state index >= 15 is 0 Å². The molecule has 21 heavy (non-hydrogen) atoms. The van der Waals surface area contributed by atoms with Gasteiger partial charge in [-0.3, -0.25) is 9.69 Å². The zero-order chi connectivity index (χ0) is 15.5. The average molecular weight is 303 g/mol. The quantitative estimate of drug-likeness (QED) is 0.896. The van der Waals surface area contributed by atoms with Crippen molar-refractivity contribution in [2.24, 2.45) is 5.92 Å². The molecule has 8 heteroatoms. The Labute approximate surface area is 119 Å². The van der Waals surface area contributed by atoms with Crippen LogP contribution in [0.5, 0.6) is 5.75 Å². The second kappa shape index (κ2) is 6.30. The molecule has 1 aromatic rings. The number of aromatic nitrogens is 1. The van der Waals surface area contributed by atoms with Crippen molar-refractivity contribution in [1.82, 2.24) is 9.88 Å². The fourth-order valence-electron chi connectivity index (χ4n) is 2.32. The summed E-state index contributed by atoms with van der Waals surface area (Å²) < 4.78 is 36.8. The molecule has 0 aromatic carbocycles. The Morgan fingerprint density at radius 1 is 1.43 bits per heavy atom. The first-order chi connectivity index (χ1) is 9.85. The van der Waals surface area contributed by atoms with Crippen LogP contribution in [0.3, 0.4) is 0 Å². The number of likely N-dealkylation sites (tertiary alicyclic amines) is 1. The van der Waals surface area contributed by atoms with Crippen molar-refractivity contribution in [3.05, 3.63) is 18.3 Å². The number of hydrogen-bond acceptors (Lipinski definition) is 4. The van der Waals surface area contributed by atoms with Gasteiger partial charge in [0.15, 0.2) is 11.6 Å². The molecule has 2 N–H and O–H groups in total. The van der Waals surface area contributed by atoms with Crippen molar-refractivity contribution in [2.75, 3.05) is 25.0 Å². The lowest BCUT2D eigenvalue weighted by molar-refractivity contribution is -0.149. The van der Waals surface area contributed by atoms with Gasteiger partial charge in [-0.05, 0) is 38.1 Å². The summed E-state index contributed by atoms with van der Waals surface area (Å²) in [6.45, 7) is -0.486. The van der Waals surface area contributed by atoms with Gasteiger partial charge in [0.25, 0.3) is 0 Å². The van der Waals surface area contributed by atoms with Crippen molar-refractivity contribution in [2.45, 2.75) is 19.0 Å². The van der Waals surface area contributed by atoms with E-state index in [1.807, 2.05) is 0 Å². The number of nitrogens with zero attached hydrogens (tertiary/aromatic N) is 2. The first-order valence-electron chi connectivity index (χ1n) is 6.59. The van der Waals surface area contributed by atoms with E-state index < -0.39 is 12.7 Å². The Bertz CT molecular complexity index is 500. The van der Waals surface area contributed by atoms with E-state index in [1.165, 1.54) is 23.2 Å². The van der Waals surface area contributed by atoms with Gasteiger partial charge in [0.05, 0.1) is 6.54 Å². The van der Waals surface area contributed by atoms with Crippen LogP contribution in [0.2, 0.25) is 0 Å². The van der Waals surface area contributed by atoms with E-state index in [-0.39, 0.29) is 36.5 Å². The summed E-state index contributed by atoms with van der Waals surface area (Å²) in [5.41, 5.74) is 0. The van der Waals surface area contributed by atoms with Crippen LogP contribution in [0.25, 0.3) is 0 Å². The highest BCUT2D eigenvalue weighted by atomic mass is 19.4. The molecule has 2 heterocycles. The number of nitrogens with one attached hydrogen (secondary N) is 1. The summed E-state index contributed by atoms with van der Waals surface area (Å²) in [5, 5.41) is 12.0. The minimum atomic E-state index is -4.21. The van der Waals surface area contributed by atoms with Crippen LogP contribution in [0.15, 0.2) is 18.3 Å². The molecule has 0 atom stereocenters. The predicted octanol–water partition coefficient (Wildman–Crippen LogP) is 2.00. The van der Waals surface area contributed by atoms with Crippen LogP contribution in [-0.4, -0.2) is 46.7 Å². The molecule has 0 aliphatic carbocycles. The van der Waals surface area contributed by atoms with Crippen molar-refractivity contribution in [3.63, 3.8) is 0 Å². The van der Waals surface area contributed by atoms with Gasteiger partial charge >= 0.3 is 6.18 Å². The van der Waals surface area contributed by atoms with E-state index in [1.54, 1.807) is 0 Å². The number of carbonyl (C=O) groups is 1. The SMILES string of the molecule is O=C(Nc1ncccc1O)C1CCN(CC(F)(F)F)CC1. The number of halogens is 3. The lowest BCUT2D eigenvalue weighted by Gasteiger charge is -2.31. The molecule has 1 amide bonds. The summed E-state index contributed by atoms with van der Waals surface area (Å²) in [5.74, 6) is -0.757. The van der Waals surface area contributed by atoms with Crippen LogP contribution in [0, 0.1) is 5.92 Å². The molecule has 1 aliphatic heterocycles. The normalized spacial score (nSPS) is 17.7. The lowest BCUT2D eigenvalue weighted by Crippen LogP contribution is -2.42. The number of carbonyl (C=O) groups excluding carboxylic acids is 1. The molecule has 1 aromatic heterocycles. The van der Waals surface area contributed by atoms with Crippen molar-refractivity contribution in [1.29, 1.82) is 0 Å². The minimum Gasteiger partial charge on any atom is -0.504 e. The summed E-state index contributed by atoms with van der Waals surface area (Å²) >= 11 is 0. The average Bonchev–Trinajstić information content (AvgIpc) is 2.40. The highest BCUT2D eigenvalue weighted by Gasteiger charge is 2.34. The van der Waals surface area contributed by atoms with Crippen LogP contribution in [-0.2, 0) is 4.79 Å². The van der Waals surface area contributed by atoms with Gasteiger partial charge in [0.1, 0.15) is 0 Å². The van der Waals surface area contributed by atoms with Gasteiger partial charge in [-0.2, -0.15) is 13.2 Å². The number of alkyl halides is 3. The Morgan fingerprint density at radius 3 is 2.67 bits per heavy atom. The third kappa shape index (κ3) is 4.59. The fraction of sp³-hybridized carbons (Fsp3) is 0.538. The highest BCUT2D eigenvalue weighted by molar-refractivity contribution is 5.92. The number of anilines is 1. The molecule has 0 spiro atoms. The Kier molecular flexibility index (Phi) is 4.66. The van der Waals surface area contributed by atoms with E-state index in [2.05, 4.69) is 10.3 Å². The molecular weight excluding hydrogens is 287 g/mol. The standard InChI is InChI=1S/C13H16F3N3O2/c14-13(15,16)8-19-6-3-9(4-7-19)12(21)18-11-10(20)2-1-5-17-11/h1-2,5,9,20H,3-4,6-8H2,(H,17,18,21). The maximum absolute atomic E-state index is 12.3. The summed E-state index contributed by atoms with van der Waals surface area (Å²) in [6, 6.07) is 2.93. The number of aromatic hydroxyl groups is 1. The Hall–Kier alpha value is -1.83. The number of hydrogen-bond donors (Lipinski definition) is 2. The van der Waals surface area contributed by atoms with E-state index in [0.29, 0.717) is 12.8 Å². The maximum atomic E-state index is 12.3. The highest BCUT2D eigenvalue weighted by Crippen LogP contribution is 2.25. The molecule has 1 aliphatic rings. The number of rotatable bonds is 3. The third-order valence-electron chi connectivity index (χ3n) is 3.39. The van der Waals surface area contributed by atoms with Gasteiger partial charge in [0.2, 0.25) is 5.91 Å². The smallest absolute Gasteiger partial charge is 0.401 e. The number of amides is 1. The summed E-state index contributed by atoms with van der Waals surface area (Å²) in [4.78, 5) is 17.1. The second-order valence-electron chi connectivity index (χ2n) is 5.03. The molecule has 1 fully saturated rings. The van der Waals surface area contributed by atoms with Crippen LogP contribution < -0.4 is 5.32 Å². The molecule has 116 valence electrons. The Balaban J connectivity index is 1.85. The largest absolute Gasteiger partial charge is 0.504 e. The first-order valence-corrected chi connectivity index (χ1v) is 6.59. The summed E-state index contributed by atoms with van der Waals surface area (Å²) in [7, 11) is 0. The molecule has 0 unspecified atom stereocenters. The molecule has 0 saturated carbocycles. The summed E-state index contributed by atoms with van der Waals surface area (Å²) in [6.07, 6.45) is -2.07. The van der Waals surface area contributed by atoms with E-state index in [9.17, 15) is 23.1 Å². The monoisotopic (exact) mass is 303 g/mol. The van der Waals surface area contributed by atoms with Gasteiger partial charge in [-0.15, -0.1) is 0 Å². The molecule has 0 bridgehead atoms. The first kappa shape index (κ1) is 15.6. The minimum absolute atomic E-state index is 0.0696.